The highest BCUT2D eigenvalue weighted by molar-refractivity contribution is 7.87. The summed E-state index contributed by atoms with van der Waals surface area (Å²) in [6.07, 6.45) is 1.64. The molecule has 0 aromatic rings. The summed E-state index contributed by atoms with van der Waals surface area (Å²) in [5.74, 6) is -1.25. The number of rotatable bonds is 4. The van der Waals surface area contributed by atoms with Crippen LogP contribution in [0.25, 0.3) is 0 Å². The van der Waals surface area contributed by atoms with Gasteiger partial charge in [0.15, 0.2) is 0 Å². The molecule has 3 aliphatic rings. The molecule has 2 bridgehead atoms. The Morgan fingerprint density at radius 1 is 1.52 bits per heavy atom. The first-order chi connectivity index (χ1) is 9.77. The first kappa shape index (κ1) is 14.5. The van der Waals surface area contributed by atoms with Crippen molar-refractivity contribution in [3.63, 3.8) is 0 Å². The summed E-state index contributed by atoms with van der Waals surface area (Å²) in [6.45, 7) is 4.77. The van der Waals surface area contributed by atoms with Gasteiger partial charge in [0.25, 0.3) is 10.1 Å². The third-order valence-electron chi connectivity index (χ3n) is 4.69. The Morgan fingerprint density at radius 2 is 2.24 bits per heavy atom. The maximum Gasteiger partial charge on any atom is 0.325 e. The van der Waals surface area contributed by atoms with Crippen LogP contribution >= 0.6 is 0 Å². The predicted molar refractivity (Wildman–Crippen MR) is 71.5 cm³/mol. The Kier molecular flexibility index (Phi) is 3.14. The van der Waals surface area contributed by atoms with Gasteiger partial charge in [0.2, 0.25) is 5.91 Å². The zero-order valence-corrected chi connectivity index (χ0v) is 12.4. The Hall–Kier alpha value is -1.41. The number of amides is 1. The molecule has 7 nitrogen and oxygen atoms in total. The van der Waals surface area contributed by atoms with Crippen molar-refractivity contribution >= 4 is 22.0 Å². The van der Waals surface area contributed by atoms with Crippen LogP contribution < -0.4 is 5.32 Å². The molecule has 116 valence electrons. The van der Waals surface area contributed by atoms with Crippen molar-refractivity contribution < 1.29 is 26.9 Å². The van der Waals surface area contributed by atoms with Gasteiger partial charge in [-0.25, -0.2) is 0 Å². The summed E-state index contributed by atoms with van der Waals surface area (Å²) in [7, 11) is -3.70. The highest BCUT2D eigenvalue weighted by atomic mass is 32.2. The second-order valence-electron chi connectivity index (χ2n) is 6.04. The van der Waals surface area contributed by atoms with Crippen LogP contribution in [0, 0.1) is 11.8 Å². The first-order valence-corrected chi connectivity index (χ1v) is 8.28. The zero-order valence-electron chi connectivity index (χ0n) is 11.6. The molecular formula is C13H17NO6S. The maximum absolute atomic E-state index is 12.1. The second kappa shape index (κ2) is 4.54. The smallest absolute Gasteiger partial charge is 0.325 e. The fourth-order valence-corrected chi connectivity index (χ4v) is 6.17. The standard InChI is InChI=1S/C13H17NO6S/c1-3-9(15)14-6-10(16)19-11-7-4-8-12(11)21(17,18)20-13(8,2)5-7/h3,7-8,11-12H,1,4-6H2,2H3,(H,14,15)/t7?,8?,11?,12?,13-/m0/s1. The van der Waals surface area contributed by atoms with Crippen LogP contribution in [0.15, 0.2) is 12.7 Å². The number of hydrogen-bond donors (Lipinski definition) is 1. The Bertz CT molecular complexity index is 614. The first-order valence-electron chi connectivity index (χ1n) is 6.81. The molecule has 0 radical (unpaired) electrons. The van der Waals surface area contributed by atoms with Gasteiger partial charge in [-0.05, 0) is 25.8 Å². The summed E-state index contributed by atoms with van der Waals surface area (Å²) >= 11 is 0. The van der Waals surface area contributed by atoms with Crippen molar-refractivity contribution in [1.82, 2.24) is 5.32 Å². The van der Waals surface area contributed by atoms with E-state index in [0.29, 0.717) is 12.8 Å². The third kappa shape index (κ3) is 2.17. The van der Waals surface area contributed by atoms with Crippen molar-refractivity contribution in [3.05, 3.63) is 12.7 Å². The van der Waals surface area contributed by atoms with Crippen LogP contribution in [-0.2, 0) is 28.6 Å². The minimum absolute atomic E-state index is 0.00123. The van der Waals surface area contributed by atoms with Crippen LogP contribution in [0.4, 0.5) is 0 Å². The largest absolute Gasteiger partial charge is 0.459 e. The molecular weight excluding hydrogens is 298 g/mol. The lowest BCUT2D eigenvalue weighted by Crippen LogP contribution is -2.43. The topological polar surface area (TPSA) is 98.8 Å². The molecule has 5 atom stereocenters. The van der Waals surface area contributed by atoms with Gasteiger partial charge in [0.1, 0.15) is 17.9 Å². The highest BCUT2D eigenvalue weighted by Gasteiger charge is 2.71. The molecule has 0 aromatic heterocycles. The molecule has 21 heavy (non-hydrogen) atoms. The molecule has 1 N–H and O–H groups in total. The van der Waals surface area contributed by atoms with Gasteiger partial charge in [0, 0.05) is 11.8 Å². The molecule has 1 heterocycles. The Balaban J connectivity index is 1.69. The van der Waals surface area contributed by atoms with Crippen LogP contribution in [0.2, 0.25) is 0 Å². The van der Waals surface area contributed by atoms with Gasteiger partial charge in [-0.15, -0.1) is 0 Å². The number of hydrogen-bond acceptors (Lipinski definition) is 6. The van der Waals surface area contributed by atoms with Crippen molar-refractivity contribution in [2.24, 2.45) is 11.8 Å². The van der Waals surface area contributed by atoms with E-state index >= 15 is 0 Å². The van der Waals surface area contributed by atoms with E-state index in [-0.39, 0.29) is 18.4 Å². The zero-order chi connectivity index (χ0) is 15.4. The van der Waals surface area contributed by atoms with Gasteiger partial charge in [-0.2, -0.15) is 8.42 Å². The highest BCUT2D eigenvalue weighted by Crippen LogP contribution is 2.60. The molecule has 1 aliphatic heterocycles. The van der Waals surface area contributed by atoms with Crippen molar-refractivity contribution in [3.8, 4) is 0 Å². The lowest BCUT2D eigenvalue weighted by Gasteiger charge is -2.29. The van der Waals surface area contributed by atoms with E-state index in [1.54, 1.807) is 6.92 Å². The summed E-state index contributed by atoms with van der Waals surface area (Å²) in [4.78, 5) is 22.8. The molecule has 0 aromatic carbocycles. The number of carbonyl (C=O) groups is 2. The number of fused-ring (bicyclic) bond motifs is 1. The summed E-state index contributed by atoms with van der Waals surface area (Å²) in [5.41, 5.74) is -0.645. The van der Waals surface area contributed by atoms with Crippen LogP contribution in [0.5, 0.6) is 0 Å². The number of ether oxygens (including phenoxy) is 1. The number of carbonyl (C=O) groups excluding carboxylic acids is 2. The molecule has 1 amide bonds. The normalized spacial score (nSPS) is 41.8. The average Bonchev–Trinajstić information content (AvgIpc) is 2.93. The van der Waals surface area contributed by atoms with E-state index < -0.39 is 38.9 Å². The van der Waals surface area contributed by atoms with Crippen LogP contribution in [0.3, 0.4) is 0 Å². The third-order valence-corrected chi connectivity index (χ3v) is 6.57. The second-order valence-corrected chi connectivity index (χ2v) is 7.73. The van der Waals surface area contributed by atoms with Gasteiger partial charge in [0.05, 0.1) is 5.60 Å². The lowest BCUT2D eigenvalue weighted by atomic mass is 9.84. The van der Waals surface area contributed by atoms with Gasteiger partial charge < -0.3 is 10.1 Å². The fraction of sp³-hybridized carbons (Fsp3) is 0.692. The van der Waals surface area contributed by atoms with Gasteiger partial charge >= 0.3 is 5.97 Å². The minimum Gasteiger partial charge on any atom is -0.459 e. The van der Waals surface area contributed by atoms with Crippen molar-refractivity contribution in [2.45, 2.75) is 36.7 Å². The monoisotopic (exact) mass is 315 g/mol. The van der Waals surface area contributed by atoms with Gasteiger partial charge in [-0.3, -0.25) is 13.8 Å². The summed E-state index contributed by atoms with van der Waals surface area (Å²) in [6, 6.07) is 0. The fourth-order valence-electron chi connectivity index (χ4n) is 3.93. The van der Waals surface area contributed by atoms with E-state index in [4.69, 9.17) is 8.92 Å². The van der Waals surface area contributed by atoms with Crippen LogP contribution in [0.1, 0.15) is 19.8 Å². The minimum atomic E-state index is -3.70. The Labute approximate surface area is 122 Å². The maximum atomic E-state index is 12.1. The Morgan fingerprint density at radius 3 is 2.90 bits per heavy atom. The van der Waals surface area contributed by atoms with E-state index in [9.17, 15) is 18.0 Å². The predicted octanol–water partition coefficient (Wildman–Crippen LogP) is -0.272. The molecule has 3 rings (SSSR count). The molecule has 0 spiro atoms. The van der Waals surface area contributed by atoms with E-state index in [2.05, 4.69) is 11.9 Å². The lowest BCUT2D eigenvalue weighted by molar-refractivity contribution is -0.151. The van der Waals surface area contributed by atoms with Crippen molar-refractivity contribution in [2.75, 3.05) is 6.54 Å². The van der Waals surface area contributed by atoms with Crippen LogP contribution in [-0.4, -0.2) is 43.8 Å². The average molecular weight is 315 g/mol. The van der Waals surface area contributed by atoms with E-state index in [1.165, 1.54) is 0 Å². The molecule has 8 heteroatoms. The molecule has 4 unspecified atom stereocenters. The SMILES string of the molecule is C=CC(=O)NCC(=O)OC1C2CC3C1S(=O)(=O)O[C@@]3(C)C2. The molecule has 2 saturated carbocycles. The quantitative estimate of drug-likeness (QED) is 0.435. The molecule has 3 fully saturated rings. The van der Waals surface area contributed by atoms with E-state index in [1.807, 2.05) is 0 Å². The van der Waals surface area contributed by atoms with Gasteiger partial charge in [-0.1, -0.05) is 6.58 Å². The molecule has 1 saturated heterocycles. The van der Waals surface area contributed by atoms with E-state index in [0.717, 1.165) is 6.08 Å². The number of nitrogens with one attached hydrogen (secondary N) is 1. The number of esters is 1. The van der Waals surface area contributed by atoms with Crippen molar-refractivity contribution in [1.29, 1.82) is 0 Å². The summed E-state index contributed by atoms with van der Waals surface area (Å²) in [5, 5.41) is 1.53. The molecule has 2 aliphatic carbocycles. The summed E-state index contributed by atoms with van der Waals surface area (Å²) < 4.78 is 34.7.